The average Bonchev–Trinajstić information content (AvgIpc) is 2.74. The van der Waals surface area contributed by atoms with E-state index in [1.54, 1.807) is 12.1 Å². The lowest BCUT2D eigenvalue weighted by Crippen LogP contribution is -2.60. The van der Waals surface area contributed by atoms with Crippen molar-refractivity contribution < 1.29 is 14.6 Å². The first-order valence-corrected chi connectivity index (χ1v) is 10.8. The Morgan fingerprint density at radius 1 is 1.17 bits per heavy atom. The number of aromatic hydroxyl groups is 1. The summed E-state index contributed by atoms with van der Waals surface area (Å²) >= 11 is 0. The minimum atomic E-state index is -0.287. The van der Waals surface area contributed by atoms with Gasteiger partial charge in [0.25, 0.3) is 0 Å². The number of rotatable bonds is 4. The highest BCUT2D eigenvalue weighted by Crippen LogP contribution is 2.43. The van der Waals surface area contributed by atoms with E-state index in [1.807, 2.05) is 24.3 Å². The maximum atomic E-state index is 11.8. The fourth-order valence-corrected chi connectivity index (χ4v) is 5.21. The molecule has 2 aromatic rings. The second kappa shape index (κ2) is 8.40. The van der Waals surface area contributed by atoms with E-state index in [4.69, 9.17) is 4.74 Å². The predicted molar refractivity (Wildman–Crippen MR) is 118 cm³/mol. The summed E-state index contributed by atoms with van der Waals surface area (Å²) < 4.78 is 4.86. The number of phenolic OH excluding ortho intramolecular Hbond substituents is 1. The third kappa shape index (κ3) is 4.09. The van der Waals surface area contributed by atoms with Crippen LogP contribution in [0.1, 0.15) is 41.8 Å². The summed E-state index contributed by atoms with van der Waals surface area (Å²) in [6.45, 7) is 9.74. The molecule has 1 N–H and O–H groups in total. The molecule has 4 rings (SSSR count). The SMILES string of the molecule is COC(=O)c1cccc(CN2CCN3CC(C)C(C)(c4cccc(O)c4)CC3C2)c1. The van der Waals surface area contributed by atoms with E-state index in [2.05, 4.69) is 35.8 Å². The highest BCUT2D eigenvalue weighted by Gasteiger charge is 2.44. The molecule has 0 aromatic heterocycles. The minimum absolute atomic E-state index is 0.0493. The van der Waals surface area contributed by atoms with Gasteiger partial charge in [-0.15, -0.1) is 0 Å². The monoisotopic (exact) mass is 408 g/mol. The van der Waals surface area contributed by atoms with Crippen LogP contribution in [-0.4, -0.2) is 60.2 Å². The van der Waals surface area contributed by atoms with Crippen LogP contribution in [0.5, 0.6) is 5.75 Å². The predicted octanol–water partition coefficient (Wildman–Crippen LogP) is 3.66. The molecule has 3 unspecified atom stereocenters. The molecule has 2 aliphatic rings. The van der Waals surface area contributed by atoms with Crippen LogP contribution in [0.3, 0.4) is 0 Å². The van der Waals surface area contributed by atoms with Gasteiger partial charge in [0.2, 0.25) is 0 Å². The van der Waals surface area contributed by atoms with E-state index >= 15 is 0 Å². The third-order valence-corrected chi connectivity index (χ3v) is 7.20. The summed E-state index contributed by atoms with van der Waals surface area (Å²) in [5.41, 5.74) is 3.04. The van der Waals surface area contributed by atoms with Crippen LogP contribution in [0, 0.1) is 5.92 Å². The van der Waals surface area contributed by atoms with Gasteiger partial charge in [0, 0.05) is 38.8 Å². The molecule has 160 valence electrons. The zero-order valence-electron chi connectivity index (χ0n) is 18.2. The zero-order chi connectivity index (χ0) is 21.3. The lowest BCUT2D eigenvalue weighted by molar-refractivity contribution is -0.00558. The number of fused-ring (bicyclic) bond motifs is 1. The van der Waals surface area contributed by atoms with Gasteiger partial charge >= 0.3 is 5.97 Å². The van der Waals surface area contributed by atoms with Crippen molar-refractivity contribution in [2.75, 3.05) is 33.3 Å². The van der Waals surface area contributed by atoms with Gasteiger partial charge in [0.1, 0.15) is 5.75 Å². The molecule has 30 heavy (non-hydrogen) atoms. The standard InChI is InChI=1S/C25H32N2O3/c1-18-15-27-11-10-26(16-19-6-4-7-20(12-19)24(29)30-3)17-22(27)14-25(18,2)21-8-5-9-23(28)13-21/h4-9,12-13,18,22,28H,10-11,14-17H2,1-3H3. The van der Waals surface area contributed by atoms with E-state index in [-0.39, 0.29) is 11.4 Å². The van der Waals surface area contributed by atoms with Crippen molar-refractivity contribution in [3.8, 4) is 5.75 Å². The molecule has 2 aliphatic heterocycles. The van der Waals surface area contributed by atoms with E-state index in [0.29, 0.717) is 23.3 Å². The molecule has 2 saturated heterocycles. The maximum absolute atomic E-state index is 11.8. The molecule has 2 fully saturated rings. The summed E-state index contributed by atoms with van der Waals surface area (Å²) in [6, 6.07) is 16.0. The molecule has 2 aromatic carbocycles. The number of phenols is 1. The lowest BCUT2D eigenvalue weighted by Gasteiger charge is -2.53. The third-order valence-electron chi connectivity index (χ3n) is 7.20. The molecular formula is C25H32N2O3. The number of benzene rings is 2. The van der Waals surface area contributed by atoms with Crippen LogP contribution in [0.4, 0.5) is 0 Å². The summed E-state index contributed by atoms with van der Waals surface area (Å²) in [5, 5.41) is 10.0. The highest BCUT2D eigenvalue weighted by atomic mass is 16.5. The summed E-state index contributed by atoms with van der Waals surface area (Å²) in [5.74, 6) is 0.586. The molecule has 0 radical (unpaired) electrons. The molecule has 3 atom stereocenters. The number of methoxy groups -OCH3 is 1. The molecule has 2 heterocycles. The Morgan fingerprint density at radius 3 is 2.73 bits per heavy atom. The first-order valence-electron chi connectivity index (χ1n) is 10.8. The van der Waals surface area contributed by atoms with Crippen molar-refractivity contribution in [2.24, 2.45) is 5.92 Å². The fraction of sp³-hybridized carbons (Fsp3) is 0.480. The van der Waals surface area contributed by atoms with Crippen molar-refractivity contribution in [3.05, 3.63) is 65.2 Å². The molecule has 0 spiro atoms. The zero-order valence-corrected chi connectivity index (χ0v) is 18.2. The first-order chi connectivity index (χ1) is 14.4. The van der Waals surface area contributed by atoms with E-state index in [0.717, 1.165) is 44.7 Å². The summed E-state index contributed by atoms with van der Waals surface area (Å²) in [4.78, 5) is 17.0. The molecule has 0 bridgehead atoms. The van der Waals surface area contributed by atoms with E-state index in [9.17, 15) is 9.90 Å². The molecular weight excluding hydrogens is 376 g/mol. The Morgan fingerprint density at radius 2 is 1.97 bits per heavy atom. The largest absolute Gasteiger partial charge is 0.508 e. The molecule has 0 aliphatic carbocycles. The highest BCUT2D eigenvalue weighted by molar-refractivity contribution is 5.89. The van der Waals surface area contributed by atoms with Crippen molar-refractivity contribution in [3.63, 3.8) is 0 Å². The Hall–Kier alpha value is -2.37. The quantitative estimate of drug-likeness (QED) is 0.783. The topological polar surface area (TPSA) is 53.0 Å². The number of carbonyl (C=O) groups excluding carboxylic acids is 1. The second-order valence-corrected chi connectivity index (χ2v) is 9.15. The van der Waals surface area contributed by atoms with Gasteiger partial charge in [-0.05, 0) is 53.1 Å². The number of nitrogens with zero attached hydrogens (tertiary/aromatic N) is 2. The fourth-order valence-electron chi connectivity index (χ4n) is 5.21. The molecule has 0 amide bonds. The van der Waals surface area contributed by atoms with Crippen molar-refractivity contribution in [1.29, 1.82) is 0 Å². The molecule has 0 saturated carbocycles. The van der Waals surface area contributed by atoms with E-state index in [1.165, 1.54) is 12.7 Å². The smallest absolute Gasteiger partial charge is 0.337 e. The number of hydrogen-bond acceptors (Lipinski definition) is 5. The van der Waals surface area contributed by atoms with E-state index < -0.39 is 0 Å². The van der Waals surface area contributed by atoms with Crippen molar-refractivity contribution in [1.82, 2.24) is 9.80 Å². The van der Waals surface area contributed by atoms with Gasteiger partial charge < -0.3 is 9.84 Å². The van der Waals surface area contributed by atoms with Crippen LogP contribution in [-0.2, 0) is 16.7 Å². The van der Waals surface area contributed by atoms with Crippen LogP contribution < -0.4 is 0 Å². The average molecular weight is 409 g/mol. The number of esters is 1. The number of piperidine rings is 1. The van der Waals surface area contributed by atoms with Crippen LogP contribution in [0.25, 0.3) is 0 Å². The number of carbonyl (C=O) groups is 1. The molecule has 5 nitrogen and oxygen atoms in total. The van der Waals surface area contributed by atoms with Crippen molar-refractivity contribution in [2.45, 2.75) is 38.3 Å². The van der Waals surface area contributed by atoms with Gasteiger partial charge in [0.15, 0.2) is 0 Å². The van der Waals surface area contributed by atoms with Gasteiger partial charge in [-0.2, -0.15) is 0 Å². The second-order valence-electron chi connectivity index (χ2n) is 9.15. The Balaban J connectivity index is 1.48. The molecule has 5 heteroatoms. The number of piperazine rings is 1. The van der Waals surface area contributed by atoms with Gasteiger partial charge in [0.05, 0.1) is 12.7 Å². The Kier molecular flexibility index (Phi) is 5.85. The van der Waals surface area contributed by atoms with Gasteiger partial charge in [-0.25, -0.2) is 4.79 Å². The number of ether oxygens (including phenoxy) is 1. The Labute approximate surface area is 179 Å². The lowest BCUT2D eigenvalue weighted by atomic mass is 9.65. The maximum Gasteiger partial charge on any atom is 0.337 e. The number of hydrogen-bond donors (Lipinski definition) is 1. The first kappa shape index (κ1) is 20.9. The summed E-state index contributed by atoms with van der Waals surface area (Å²) in [6.07, 6.45) is 1.08. The Bertz CT molecular complexity index is 915. The van der Waals surface area contributed by atoms with Crippen LogP contribution in [0.2, 0.25) is 0 Å². The van der Waals surface area contributed by atoms with Gasteiger partial charge in [-0.1, -0.05) is 38.1 Å². The van der Waals surface area contributed by atoms with Crippen LogP contribution in [0.15, 0.2) is 48.5 Å². The van der Waals surface area contributed by atoms with Crippen molar-refractivity contribution >= 4 is 5.97 Å². The van der Waals surface area contributed by atoms with Gasteiger partial charge in [-0.3, -0.25) is 9.80 Å². The summed E-state index contributed by atoms with van der Waals surface area (Å²) in [7, 11) is 1.42. The normalized spacial score (nSPS) is 27.4. The minimum Gasteiger partial charge on any atom is -0.508 e. The van der Waals surface area contributed by atoms with Crippen LogP contribution >= 0.6 is 0 Å².